The van der Waals surface area contributed by atoms with Crippen molar-refractivity contribution < 1.29 is 8.42 Å². The van der Waals surface area contributed by atoms with Gasteiger partial charge in [-0.25, -0.2) is 8.42 Å². The number of thiocarbonyl (C=S) groups is 1. The maximum absolute atomic E-state index is 12.5. The summed E-state index contributed by atoms with van der Waals surface area (Å²) in [6.07, 6.45) is 0. The summed E-state index contributed by atoms with van der Waals surface area (Å²) >= 11 is 8.17. The molecule has 0 aliphatic heterocycles. The van der Waals surface area contributed by atoms with Gasteiger partial charge in [0.25, 0.3) is 0 Å². The van der Waals surface area contributed by atoms with Gasteiger partial charge in [-0.1, -0.05) is 42.0 Å². The molecule has 1 unspecified atom stereocenters. The molecule has 4 nitrogen and oxygen atoms in total. The lowest BCUT2D eigenvalue weighted by Gasteiger charge is -2.23. The Kier molecular flexibility index (Phi) is 5.91. The fourth-order valence-corrected chi connectivity index (χ4v) is 3.43. The lowest BCUT2D eigenvalue weighted by molar-refractivity contribution is 0.405. The van der Waals surface area contributed by atoms with E-state index in [9.17, 15) is 8.42 Å². The zero-order chi connectivity index (χ0) is 14.6. The number of hydrogen-bond acceptors (Lipinski definition) is 3. The summed E-state index contributed by atoms with van der Waals surface area (Å²) in [5, 5.41) is 0. The second-order valence-corrected chi connectivity index (χ2v) is 7.54. The van der Waals surface area contributed by atoms with Crippen LogP contribution in [0.25, 0.3) is 0 Å². The molecule has 1 atom stereocenters. The van der Waals surface area contributed by atoms with Crippen molar-refractivity contribution in [2.45, 2.75) is 18.7 Å². The van der Waals surface area contributed by atoms with Gasteiger partial charge < -0.3 is 5.73 Å². The summed E-state index contributed by atoms with van der Waals surface area (Å²) in [5.41, 5.74) is 5.54. The Morgan fingerprint density at radius 1 is 1.42 bits per heavy atom. The summed E-state index contributed by atoms with van der Waals surface area (Å²) in [4.78, 5) is 0.595. The van der Waals surface area contributed by atoms with Crippen LogP contribution in [0.15, 0.2) is 33.6 Å². The van der Waals surface area contributed by atoms with Gasteiger partial charge in [0.05, 0.1) is 9.88 Å². The van der Waals surface area contributed by atoms with Crippen LogP contribution in [0.2, 0.25) is 0 Å². The molecule has 0 aliphatic carbocycles. The van der Waals surface area contributed by atoms with Crippen LogP contribution in [0.1, 0.15) is 13.8 Å². The largest absolute Gasteiger partial charge is 0.393 e. The Morgan fingerprint density at radius 2 is 1.95 bits per heavy atom. The van der Waals surface area contributed by atoms with Crippen LogP contribution in [0.3, 0.4) is 0 Å². The van der Waals surface area contributed by atoms with Crippen molar-refractivity contribution in [3.05, 3.63) is 28.7 Å². The van der Waals surface area contributed by atoms with Gasteiger partial charge in [0.2, 0.25) is 10.0 Å². The third-order valence-electron chi connectivity index (χ3n) is 2.77. The minimum absolute atomic E-state index is 0.153. The Morgan fingerprint density at radius 3 is 2.37 bits per heavy atom. The predicted molar refractivity (Wildman–Crippen MR) is 84.5 cm³/mol. The van der Waals surface area contributed by atoms with Crippen molar-refractivity contribution in [1.82, 2.24) is 4.31 Å². The molecule has 19 heavy (non-hydrogen) atoms. The lowest BCUT2D eigenvalue weighted by Crippen LogP contribution is -2.38. The van der Waals surface area contributed by atoms with E-state index in [1.54, 1.807) is 31.2 Å². The van der Waals surface area contributed by atoms with Gasteiger partial charge in [0.1, 0.15) is 0 Å². The number of rotatable bonds is 6. The number of benzene rings is 1. The molecule has 0 aliphatic rings. The summed E-state index contributed by atoms with van der Waals surface area (Å²) < 4.78 is 27.1. The van der Waals surface area contributed by atoms with Crippen LogP contribution in [0.5, 0.6) is 0 Å². The van der Waals surface area contributed by atoms with Gasteiger partial charge in [-0.3, -0.25) is 0 Å². The van der Waals surface area contributed by atoms with Crippen molar-refractivity contribution in [2.24, 2.45) is 11.7 Å². The smallest absolute Gasteiger partial charge is 0.243 e. The second kappa shape index (κ2) is 6.78. The van der Waals surface area contributed by atoms with E-state index >= 15 is 0 Å². The molecule has 1 aromatic carbocycles. The number of nitrogens with two attached hydrogens (primary N) is 1. The monoisotopic (exact) mass is 364 g/mol. The summed E-state index contributed by atoms with van der Waals surface area (Å²) in [5.74, 6) is -0.153. The molecule has 1 rings (SSSR count). The molecule has 0 amide bonds. The van der Waals surface area contributed by atoms with Crippen molar-refractivity contribution >= 4 is 43.2 Å². The first kappa shape index (κ1) is 16.6. The third kappa shape index (κ3) is 4.24. The molecule has 0 heterocycles. The molecular weight excluding hydrogens is 348 g/mol. The minimum atomic E-state index is -3.50. The van der Waals surface area contributed by atoms with E-state index in [1.807, 2.05) is 6.92 Å². The van der Waals surface area contributed by atoms with Gasteiger partial charge in [0, 0.05) is 23.5 Å². The SMILES string of the molecule is CCN(CC(C)C(N)=S)S(=O)(=O)c1ccc(Br)cc1. The molecule has 0 saturated carbocycles. The van der Waals surface area contributed by atoms with Crippen LogP contribution in [-0.4, -0.2) is 30.8 Å². The molecule has 1 aromatic rings. The van der Waals surface area contributed by atoms with Crippen molar-refractivity contribution in [3.63, 3.8) is 0 Å². The zero-order valence-corrected chi connectivity index (χ0v) is 14.1. The molecule has 0 fully saturated rings. The molecule has 0 bridgehead atoms. The zero-order valence-electron chi connectivity index (χ0n) is 10.8. The Bertz CT molecular complexity index is 543. The van der Waals surface area contributed by atoms with Gasteiger partial charge in [-0.2, -0.15) is 4.31 Å². The normalized spacial score (nSPS) is 13.5. The molecule has 7 heteroatoms. The first-order valence-electron chi connectivity index (χ1n) is 5.84. The summed E-state index contributed by atoms with van der Waals surface area (Å²) in [6.45, 7) is 4.29. The Labute approximate surface area is 128 Å². The van der Waals surface area contributed by atoms with E-state index in [0.717, 1.165) is 4.47 Å². The van der Waals surface area contributed by atoms with E-state index < -0.39 is 10.0 Å². The summed E-state index contributed by atoms with van der Waals surface area (Å²) in [7, 11) is -3.50. The van der Waals surface area contributed by atoms with Crippen LogP contribution >= 0.6 is 28.1 Å². The van der Waals surface area contributed by atoms with Gasteiger partial charge in [0.15, 0.2) is 0 Å². The van der Waals surface area contributed by atoms with E-state index in [2.05, 4.69) is 15.9 Å². The highest BCUT2D eigenvalue weighted by Gasteiger charge is 2.25. The van der Waals surface area contributed by atoms with Crippen LogP contribution in [0.4, 0.5) is 0 Å². The van der Waals surface area contributed by atoms with Crippen molar-refractivity contribution in [1.29, 1.82) is 0 Å². The van der Waals surface area contributed by atoms with Gasteiger partial charge in [-0.15, -0.1) is 0 Å². The van der Waals surface area contributed by atoms with Gasteiger partial charge >= 0.3 is 0 Å². The number of nitrogens with zero attached hydrogens (tertiary/aromatic N) is 1. The van der Waals surface area contributed by atoms with Crippen molar-refractivity contribution in [3.8, 4) is 0 Å². The maximum Gasteiger partial charge on any atom is 0.243 e. The highest BCUT2D eigenvalue weighted by Crippen LogP contribution is 2.19. The predicted octanol–water partition coefficient (Wildman–Crippen LogP) is 2.38. The fourth-order valence-electron chi connectivity index (χ4n) is 1.55. The molecule has 0 saturated heterocycles. The van der Waals surface area contributed by atoms with Crippen LogP contribution < -0.4 is 5.73 Å². The Balaban J connectivity index is 3.02. The average Bonchev–Trinajstić information content (AvgIpc) is 2.35. The first-order valence-corrected chi connectivity index (χ1v) is 8.48. The molecule has 2 N–H and O–H groups in total. The lowest BCUT2D eigenvalue weighted by atomic mass is 10.2. The van der Waals surface area contributed by atoms with E-state index in [-0.39, 0.29) is 10.8 Å². The van der Waals surface area contributed by atoms with E-state index in [4.69, 9.17) is 18.0 Å². The number of sulfonamides is 1. The molecule has 0 spiro atoms. The molecular formula is C12H17BrN2O2S2. The van der Waals surface area contributed by atoms with E-state index in [1.165, 1.54) is 4.31 Å². The van der Waals surface area contributed by atoms with Crippen LogP contribution in [0, 0.1) is 5.92 Å². The molecule has 0 aromatic heterocycles. The molecule has 106 valence electrons. The molecule has 0 radical (unpaired) electrons. The van der Waals surface area contributed by atoms with E-state index in [0.29, 0.717) is 18.1 Å². The quantitative estimate of drug-likeness (QED) is 0.787. The van der Waals surface area contributed by atoms with Gasteiger partial charge in [-0.05, 0) is 24.3 Å². The minimum Gasteiger partial charge on any atom is -0.393 e. The fraction of sp³-hybridized carbons (Fsp3) is 0.417. The van der Waals surface area contributed by atoms with Crippen molar-refractivity contribution in [2.75, 3.05) is 13.1 Å². The standard InChI is InChI=1S/C12H17BrN2O2S2/c1-3-15(8-9(2)12(14)18)19(16,17)11-6-4-10(13)5-7-11/h4-7,9H,3,8H2,1-2H3,(H2,14,18). The van der Waals surface area contributed by atoms with Crippen LogP contribution in [-0.2, 0) is 10.0 Å². The first-order chi connectivity index (χ1) is 8.78. The topological polar surface area (TPSA) is 63.4 Å². The third-order valence-corrected chi connectivity index (χ3v) is 5.65. The maximum atomic E-state index is 12.5. The highest BCUT2D eigenvalue weighted by molar-refractivity contribution is 9.10. The average molecular weight is 365 g/mol. The summed E-state index contributed by atoms with van der Waals surface area (Å²) in [6, 6.07) is 6.57. The highest BCUT2D eigenvalue weighted by atomic mass is 79.9. The number of halogens is 1. The second-order valence-electron chi connectivity index (χ2n) is 4.21. The number of hydrogen-bond donors (Lipinski definition) is 1. The Hall–Kier alpha value is -0.500.